The summed E-state index contributed by atoms with van der Waals surface area (Å²) in [6.45, 7) is 0. The lowest BCUT2D eigenvalue weighted by Gasteiger charge is -2.05. The first-order chi connectivity index (χ1) is 14.1. The minimum atomic E-state index is -1.02. The number of aromatic amines is 1. The number of hydrogen-bond donors (Lipinski definition) is 2. The van der Waals surface area contributed by atoms with Crippen molar-refractivity contribution in [3.63, 3.8) is 0 Å². The second-order valence-corrected chi connectivity index (χ2v) is 6.63. The number of rotatable bonds is 5. The molecule has 4 aromatic rings. The second-order valence-electron chi connectivity index (χ2n) is 6.25. The van der Waals surface area contributed by atoms with Crippen LogP contribution in [0.5, 0.6) is 0 Å². The normalized spacial score (nSPS) is 11.0. The van der Waals surface area contributed by atoms with Crippen LogP contribution in [-0.4, -0.2) is 32.2 Å². The van der Waals surface area contributed by atoms with Gasteiger partial charge in [0.15, 0.2) is 5.82 Å². The highest BCUT2D eigenvalue weighted by molar-refractivity contribution is 7.71. The molecule has 0 fully saturated rings. The SMILES string of the molecule is O=C(O)c1ccccc1/C=N/n1c(-c2cccc(-c3ccccc3)c2)n[nH]c1=S. The van der Waals surface area contributed by atoms with Crippen LogP contribution in [0, 0.1) is 4.77 Å². The van der Waals surface area contributed by atoms with E-state index in [1.54, 1.807) is 18.2 Å². The van der Waals surface area contributed by atoms with Crippen LogP contribution in [0.2, 0.25) is 0 Å². The van der Waals surface area contributed by atoms with Gasteiger partial charge < -0.3 is 5.11 Å². The molecule has 0 bridgehead atoms. The Morgan fingerprint density at radius 2 is 1.66 bits per heavy atom. The molecular weight excluding hydrogens is 384 g/mol. The molecule has 6 nitrogen and oxygen atoms in total. The van der Waals surface area contributed by atoms with Crippen molar-refractivity contribution in [3.8, 4) is 22.5 Å². The van der Waals surface area contributed by atoms with Crippen LogP contribution in [-0.2, 0) is 0 Å². The molecule has 7 heteroatoms. The number of carboxylic acids is 1. The largest absolute Gasteiger partial charge is 0.478 e. The van der Waals surface area contributed by atoms with Crippen LogP contribution < -0.4 is 0 Å². The van der Waals surface area contributed by atoms with E-state index in [1.165, 1.54) is 17.0 Å². The van der Waals surface area contributed by atoms with E-state index < -0.39 is 5.97 Å². The van der Waals surface area contributed by atoms with Gasteiger partial charge in [-0.05, 0) is 35.5 Å². The number of nitrogens with one attached hydrogen (secondary N) is 1. The van der Waals surface area contributed by atoms with Crippen LogP contribution in [0.1, 0.15) is 15.9 Å². The van der Waals surface area contributed by atoms with E-state index >= 15 is 0 Å². The Labute approximate surface area is 171 Å². The molecule has 1 heterocycles. The van der Waals surface area contributed by atoms with Crippen LogP contribution in [0.25, 0.3) is 22.5 Å². The standard InChI is InChI=1S/C22H16N4O2S/c27-21(28)19-12-5-4-9-18(19)14-23-26-20(24-25-22(26)29)17-11-6-10-16(13-17)15-7-2-1-3-8-15/h1-14H,(H,25,29)(H,27,28)/b23-14+. The molecule has 0 aliphatic heterocycles. The lowest BCUT2D eigenvalue weighted by molar-refractivity contribution is 0.0696. The molecule has 0 saturated heterocycles. The first kappa shape index (κ1) is 18.5. The van der Waals surface area contributed by atoms with Crippen molar-refractivity contribution >= 4 is 24.4 Å². The predicted octanol–water partition coefficient (Wildman–Crippen LogP) is 4.86. The topological polar surface area (TPSA) is 83.3 Å². The molecular formula is C22H16N4O2S. The fourth-order valence-corrected chi connectivity index (χ4v) is 3.16. The molecule has 29 heavy (non-hydrogen) atoms. The van der Waals surface area contributed by atoms with Crippen LogP contribution in [0.4, 0.5) is 0 Å². The van der Waals surface area contributed by atoms with Crippen LogP contribution in [0.15, 0.2) is 84.0 Å². The molecule has 0 spiro atoms. The lowest BCUT2D eigenvalue weighted by atomic mass is 10.0. The maximum absolute atomic E-state index is 11.4. The van der Waals surface area contributed by atoms with E-state index in [2.05, 4.69) is 15.3 Å². The third kappa shape index (κ3) is 3.90. The van der Waals surface area contributed by atoms with Crippen molar-refractivity contribution in [1.82, 2.24) is 14.9 Å². The fourth-order valence-electron chi connectivity index (χ4n) is 2.98. The summed E-state index contributed by atoms with van der Waals surface area (Å²) in [5, 5.41) is 20.8. The number of hydrogen-bond acceptors (Lipinski definition) is 4. The number of aromatic nitrogens is 3. The van der Waals surface area contributed by atoms with Crippen molar-refractivity contribution in [2.24, 2.45) is 5.10 Å². The Morgan fingerprint density at radius 3 is 2.45 bits per heavy atom. The smallest absolute Gasteiger partial charge is 0.336 e. The predicted molar refractivity (Wildman–Crippen MR) is 115 cm³/mol. The van der Waals surface area contributed by atoms with Gasteiger partial charge in [0.2, 0.25) is 4.77 Å². The number of aromatic carboxylic acids is 1. The Morgan fingerprint density at radius 1 is 0.966 bits per heavy atom. The number of carboxylic acid groups (broad SMARTS) is 1. The summed E-state index contributed by atoms with van der Waals surface area (Å²) in [5.74, 6) is -0.476. The van der Waals surface area contributed by atoms with Gasteiger partial charge in [0.25, 0.3) is 0 Å². The highest BCUT2D eigenvalue weighted by Gasteiger charge is 2.11. The molecule has 0 amide bonds. The van der Waals surface area contributed by atoms with Gasteiger partial charge in [-0.1, -0.05) is 66.7 Å². The second kappa shape index (κ2) is 8.04. The summed E-state index contributed by atoms with van der Waals surface area (Å²) in [6.07, 6.45) is 1.47. The summed E-state index contributed by atoms with van der Waals surface area (Å²) in [6, 6.07) is 24.6. The third-order valence-corrected chi connectivity index (χ3v) is 4.65. The minimum absolute atomic E-state index is 0.166. The third-order valence-electron chi connectivity index (χ3n) is 4.38. The average molecular weight is 400 g/mol. The van der Waals surface area contributed by atoms with Gasteiger partial charge in [-0.3, -0.25) is 0 Å². The zero-order valence-electron chi connectivity index (χ0n) is 15.2. The number of H-pyrrole nitrogens is 1. The Balaban J connectivity index is 1.74. The molecule has 0 saturated carbocycles. The summed E-state index contributed by atoms with van der Waals surface area (Å²) < 4.78 is 1.80. The van der Waals surface area contributed by atoms with Gasteiger partial charge in [-0.15, -0.1) is 0 Å². The molecule has 3 aromatic carbocycles. The van der Waals surface area contributed by atoms with Crippen LogP contribution in [0.3, 0.4) is 0 Å². The molecule has 0 aliphatic carbocycles. The maximum Gasteiger partial charge on any atom is 0.336 e. The van der Waals surface area contributed by atoms with E-state index in [4.69, 9.17) is 12.2 Å². The summed E-state index contributed by atoms with van der Waals surface area (Å²) in [4.78, 5) is 11.4. The molecule has 1 aromatic heterocycles. The quantitative estimate of drug-likeness (QED) is 0.370. The first-order valence-electron chi connectivity index (χ1n) is 8.83. The monoisotopic (exact) mass is 400 g/mol. The van der Waals surface area contributed by atoms with E-state index in [0.717, 1.165) is 16.7 Å². The van der Waals surface area contributed by atoms with Gasteiger partial charge >= 0.3 is 5.97 Å². The molecule has 4 rings (SSSR count). The van der Waals surface area contributed by atoms with Gasteiger partial charge in [0, 0.05) is 11.1 Å². The van der Waals surface area contributed by atoms with E-state index in [1.807, 2.05) is 54.6 Å². The molecule has 142 valence electrons. The van der Waals surface area contributed by atoms with Gasteiger partial charge in [0.1, 0.15) is 0 Å². The van der Waals surface area contributed by atoms with Crippen molar-refractivity contribution in [2.75, 3.05) is 0 Å². The Hall–Kier alpha value is -3.84. The first-order valence-corrected chi connectivity index (χ1v) is 9.24. The summed E-state index contributed by atoms with van der Waals surface area (Å²) in [7, 11) is 0. The van der Waals surface area contributed by atoms with Crippen molar-refractivity contribution in [2.45, 2.75) is 0 Å². The molecule has 2 N–H and O–H groups in total. The molecule has 0 unspecified atom stereocenters. The number of nitrogens with zero attached hydrogens (tertiary/aromatic N) is 3. The fraction of sp³-hybridized carbons (Fsp3) is 0. The molecule has 0 aliphatic rings. The van der Waals surface area contributed by atoms with Crippen LogP contribution >= 0.6 is 12.2 Å². The molecule has 0 atom stereocenters. The van der Waals surface area contributed by atoms with E-state index in [-0.39, 0.29) is 5.56 Å². The lowest BCUT2D eigenvalue weighted by Crippen LogP contribution is -2.02. The number of benzene rings is 3. The maximum atomic E-state index is 11.4. The summed E-state index contributed by atoms with van der Waals surface area (Å²) >= 11 is 5.31. The zero-order valence-corrected chi connectivity index (χ0v) is 16.0. The summed E-state index contributed by atoms with van der Waals surface area (Å²) in [5.41, 5.74) is 3.62. The van der Waals surface area contributed by atoms with Gasteiger partial charge in [0.05, 0.1) is 11.8 Å². The van der Waals surface area contributed by atoms with Gasteiger partial charge in [-0.25, -0.2) is 9.89 Å². The minimum Gasteiger partial charge on any atom is -0.478 e. The van der Waals surface area contributed by atoms with Crippen molar-refractivity contribution in [1.29, 1.82) is 0 Å². The van der Waals surface area contributed by atoms with Gasteiger partial charge in [-0.2, -0.15) is 14.9 Å². The Kier molecular flexibility index (Phi) is 5.13. The van der Waals surface area contributed by atoms with E-state index in [9.17, 15) is 9.90 Å². The number of carbonyl (C=O) groups is 1. The van der Waals surface area contributed by atoms with Crippen molar-refractivity contribution < 1.29 is 9.90 Å². The highest BCUT2D eigenvalue weighted by Crippen LogP contribution is 2.25. The Bertz CT molecular complexity index is 1260. The highest BCUT2D eigenvalue weighted by atomic mass is 32.1. The zero-order chi connectivity index (χ0) is 20.2. The van der Waals surface area contributed by atoms with E-state index in [0.29, 0.717) is 16.2 Å². The average Bonchev–Trinajstić information content (AvgIpc) is 3.13. The molecule has 0 radical (unpaired) electrons. The van der Waals surface area contributed by atoms with Crippen molar-refractivity contribution in [3.05, 3.63) is 94.8 Å².